The fourth-order valence-electron chi connectivity index (χ4n) is 3.47. The highest BCUT2D eigenvalue weighted by atomic mass is 15.2. The highest BCUT2D eigenvalue weighted by Crippen LogP contribution is 2.52. The number of nitrogens with one attached hydrogen (secondary N) is 1. The molecule has 21 heavy (non-hydrogen) atoms. The lowest BCUT2D eigenvalue weighted by Crippen LogP contribution is -2.23. The first-order valence-corrected chi connectivity index (χ1v) is 7.28. The summed E-state index contributed by atoms with van der Waals surface area (Å²) in [6.45, 7) is 0. The van der Waals surface area contributed by atoms with Gasteiger partial charge in [0.25, 0.3) is 0 Å². The second-order valence-electron chi connectivity index (χ2n) is 5.60. The van der Waals surface area contributed by atoms with Gasteiger partial charge in [0.2, 0.25) is 0 Å². The highest BCUT2D eigenvalue weighted by Gasteiger charge is 2.30. The molecule has 0 fully saturated rings. The molecule has 1 N–H and O–H groups in total. The van der Waals surface area contributed by atoms with Crippen molar-refractivity contribution in [2.45, 2.75) is 6.42 Å². The van der Waals surface area contributed by atoms with E-state index in [9.17, 15) is 0 Å². The highest BCUT2D eigenvalue weighted by molar-refractivity contribution is 5.99. The molecule has 3 aromatic carbocycles. The maximum Gasteiger partial charge on any atom is 0.0733 e. The van der Waals surface area contributed by atoms with Crippen LogP contribution >= 0.6 is 0 Å². The van der Waals surface area contributed by atoms with Crippen molar-refractivity contribution in [1.82, 2.24) is 0 Å². The Kier molecular flexibility index (Phi) is 2.03. The second kappa shape index (κ2) is 3.89. The average molecular weight is 270 g/mol. The Morgan fingerprint density at radius 1 is 0.667 bits per heavy atom. The van der Waals surface area contributed by atoms with E-state index in [0.29, 0.717) is 0 Å². The first-order valence-electron chi connectivity index (χ1n) is 7.28. The van der Waals surface area contributed by atoms with Gasteiger partial charge in [-0.3, -0.25) is 0 Å². The summed E-state index contributed by atoms with van der Waals surface area (Å²) in [6, 6.07) is 23.7. The smallest absolute Gasteiger partial charge is 0.0733 e. The number of hydrogen-bond acceptors (Lipinski definition) is 2. The zero-order valence-corrected chi connectivity index (χ0v) is 11.5. The van der Waals surface area contributed by atoms with Gasteiger partial charge >= 0.3 is 0 Å². The first kappa shape index (κ1) is 11.0. The Hall–Kier alpha value is -2.74. The van der Waals surface area contributed by atoms with Gasteiger partial charge in [0.05, 0.1) is 22.7 Å². The summed E-state index contributed by atoms with van der Waals surface area (Å²) >= 11 is 0. The van der Waals surface area contributed by atoms with Crippen LogP contribution in [0.15, 0.2) is 66.7 Å². The molecular weight excluding hydrogens is 256 g/mol. The van der Waals surface area contributed by atoms with Crippen LogP contribution in [0.25, 0.3) is 0 Å². The Morgan fingerprint density at radius 3 is 2.33 bits per heavy atom. The predicted octanol–water partition coefficient (Wildman–Crippen LogP) is 5.12. The standard InChI is InChI=1S/C19H14N2/c1-3-10-17-13(6-1)12-14-7-5-9-16-19(14)21(17)18-11-4-2-8-15(18)20-16/h1-11,20H,12H2. The third kappa shape index (κ3) is 1.42. The average Bonchev–Trinajstić information content (AvgIpc) is 2.54. The summed E-state index contributed by atoms with van der Waals surface area (Å²) in [7, 11) is 0. The van der Waals surface area contributed by atoms with E-state index in [-0.39, 0.29) is 0 Å². The van der Waals surface area contributed by atoms with E-state index in [1.165, 1.54) is 39.6 Å². The molecule has 2 heterocycles. The topological polar surface area (TPSA) is 15.3 Å². The Balaban J connectivity index is 1.88. The summed E-state index contributed by atoms with van der Waals surface area (Å²) in [4.78, 5) is 2.40. The number of rotatable bonds is 0. The number of nitrogens with zero attached hydrogens (tertiary/aromatic N) is 1. The van der Waals surface area contributed by atoms with Crippen LogP contribution in [-0.4, -0.2) is 0 Å². The van der Waals surface area contributed by atoms with Crippen molar-refractivity contribution in [3.05, 3.63) is 77.9 Å². The van der Waals surface area contributed by atoms with Crippen LogP contribution in [0.1, 0.15) is 11.1 Å². The van der Waals surface area contributed by atoms with Crippen molar-refractivity contribution < 1.29 is 0 Å². The van der Waals surface area contributed by atoms with E-state index in [1.807, 2.05) is 0 Å². The van der Waals surface area contributed by atoms with E-state index in [1.54, 1.807) is 0 Å². The molecule has 100 valence electrons. The van der Waals surface area contributed by atoms with Crippen LogP contribution in [0.5, 0.6) is 0 Å². The molecule has 2 heteroatoms. The molecule has 2 aliphatic heterocycles. The van der Waals surface area contributed by atoms with Gasteiger partial charge < -0.3 is 10.2 Å². The van der Waals surface area contributed by atoms with Crippen molar-refractivity contribution in [3.8, 4) is 0 Å². The second-order valence-corrected chi connectivity index (χ2v) is 5.60. The molecule has 0 amide bonds. The van der Waals surface area contributed by atoms with Gasteiger partial charge in [-0.1, -0.05) is 42.5 Å². The fraction of sp³-hybridized carbons (Fsp3) is 0.0526. The first-order chi connectivity index (χ1) is 10.4. The zero-order valence-electron chi connectivity index (χ0n) is 11.5. The predicted molar refractivity (Wildman–Crippen MR) is 87.2 cm³/mol. The SMILES string of the molecule is c1ccc2c(c1)Cc1cccc3c1N2c1ccccc1N3. The molecule has 0 unspecified atom stereocenters. The monoisotopic (exact) mass is 270 g/mol. The van der Waals surface area contributed by atoms with E-state index < -0.39 is 0 Å². The molecule has 0 saturated heterocycles. The van der Waals surface area contributed by atoms with Crippen molar-refractivity contribution in [1.29, 1.82) is 0 Å². The van der Waals surface area contributed by atoms with Crippen LogP contribution in [0.4, 0.5) is 28.4 Å². The lowest BCUT2D eigenvalue weighted by Gasteiger charge is -2.39. The molecule has 0 radical (unpaired) electrons. The quantitative estimate of drug-likeness (QED) is 0.420. The number of fused-ring (bicyclic) bond motifs is 4. The van der Waals surface area contributed by atoms with Gasteiger partial charge in [0.1, 0.15) is 0 Å². The van der Waals surface area contributed by atoms with Crippen molar-refractivity contribution >= 4 is 28.4 Å². The summed E-state index contributed by atoms with van der Waals surface area (Å²) in [5, 5.41) is 3.57. The zero-order chi connectivity index (χ0) is 13.8. The van der Waals surface area contributed by atoms with Crippen molar-refractivity contribution in [2.24, 2.45) is 0 Å². The minimum absolute atomic E-state index is 1.000. The van der Waals surface area contributed by atoms with Crippen LogP contribution in [0, 0.1) is 0 Å². The van der Waals surface area contributed by atoms with E-state index in [0.717, 1.165) is 6.42 Å². The number of benzene rings is 3. The molecule has 0 saturated carbocycles. The van der Waals surface area contributed by atoms with Gasteiger partial charge in [-0.15, -0.1) is 0 Å². The maximum atomic E-state index is 3.57. The van der Waals surface area contributed by atoms with Gasteiger partial charge in [-0.2, -0.15) is 0 Å². The van der Waals surface area contributed by atoms with Crippen LogP contribution in [0.3, 0.4) is 0 Å². The Morgan fingerprint density at radius 2 is 1.38 bits per heavy atom. The summed E-state index contributed by atoms with van der Waals surface area (Å²) in [6.07, 6.45) is 1.000. The third-order valence-corrected chi connectivity index (χ3v) is 4.37. The lowest BCUT2D eigenvalue weighted by molar-refractivity contribution is 1.08. The number of anilines is 5. The largest absolute Gasteiger partial charge is 0.352 e. The molecule has 3 aromatic rings. The maximum absolute atomic E-state index is 3.57. The molecule has 0 bridgehead atoms. The van der Waals surface area contributed by atoms with Crippen LogP contribution < -0.4 is 10.2 Å². The molecule has 5 rings (SSSR count). The summed E-state index contributed by atoms with van der Waals surface area (Å²) in [5.41, 5.74) is 8.96. The van der Waals surface area contributed by atoms with Crippen LogP contribution in [0.2, 0.25) is 0 Å². The molecular formula is C19H14N2. The van der Waals surface area contributed by atoms with E-state index >= 15 is 0 Å². The van der Waals surface area contributed by atoms with Crippen molar-refractivity contribution in [3.63, 3.8) is 0 Å². The Labute approximate surface area is 123 Å². The minimum Gasteiger partial charge on any atom is -0.352 e. The van der Waals surface area contributed by atoms with Gasteiger partial charge in [0, 0.05) is 12.1 Å². The number of para-hydroxylation sites is 4. The normalized spacial score (nSPS) is 13.8. The van der Waals surface area contributed by atoms with Gasteiger partial charge in [0.15, 0.2) is 0 Å². The van der Waals surface area contributed by atoms with E-state index in [2.05, 4.69) is 76.9 Å². The molecule has 0 spiro atoms. The Bertz CT molecular complexity index is 799. The third-order valence-electron chi connectivity index (χ3n) is 4.37. The molecule has 0 atom stereocenters. The van der Waals surface area contributed by atoms with Gasteiger partial charge in [-0.05, 0) is 35.4 Å². The van der Waals surface area contributed by atoms with Crippen LogP contribution in [-0.2, 0) is 6.42 Å². The lowest BCUT2D eigenvalue weighted by atomic mass is 9.92. The molecule has 2 aliphatic rings. The summed E-state index contributed by atoms with van der Waals surface area (Å²) in [5.74, 6) is 0. The van der Waals surface area contributed by atoms with Crippen molar-refractivity contribution in [2.75, 3.05) is 10.2 Å². The van der Waals surface area contributed by atoms with E-state index in [4.69, 9.17) is 0 Å². The molecule has 2 nitrogen and oxygen atoms in total. The number of hydrogen-bond donors (Lipinski definition) is 1. The summed E-state index contributed by atoms with van der Waals surface area (Å²) < 4.78 is 0. The molecule has 0 aromatic heterocycles. The molecule has 0 aliphatic carbocycles. The minimum atomic E-state index is 1.000. The fourth-order valence-corrected chi connectivity index (χ4v) is 3.47. The van der Waals surface area contributed by atoms with Gasteiger partial charge in [-0.25, -0.2) is 0 Å².